The van der Waals surface area contributed by atoms with Gasteiger partial charge in [0.2, 0.25) is 5.88 Å². The Morgan fingerprint density at radius 2 is 2.00 bits per heavy atom. The minimum atomic E-state index is 0.511. The normalized spacial score (nSPS) is 10.6. The minimum Gasteiger partial charge on any atom is -0.439 e. The first-order valence-corrected chi connectivity index (χ1v) is 6.32. The molecule has 1 aromatic carbocycles. The van der Waals surface area contributed by atoms with Crippen LogP contribution in [0.4, 0.5) is 5.82 Å². The standard InChI is InChI=1S/C15H19N3O/c1-10(2)13-8-7-12(9-11(13)3)19-15-6-4-5-14(17-15)18-16/h4-10H,16H2,1-3H3,(H,17,18). The van der Waals surface area contributed by atoms with Crippen molar-refractivity contribution in [2.24, 2.45) is 5.84 Å². The number of aryl methyl sites for hydroxylation is 1. The Balaban J connectivity index is 2.21. The molecule has 4 nitrogen and oxygen atoms in total. The van der Waals surface area contributed by atoms with Gasteiger partial charge in [0.25, 0.3) is 0 Å². The Kier molecular flexibility index (Phi) is 4.02. The molecule has 2 rings (SSSR count). The van der Waals surface area contributed by atoms with E-state index in [1.54, 1.807) is 12.1 Å². The number of hydrogen-bond acceptors (Lipinski definition) is 4. The van der Waals surface area contributed by atoms with Gasteiger partial charge in [-0.05, 0) is 42.2 Å². The number of pyridine rings is 1. The summed E-state index contributed by atoms with van der Waals surface area (Å²) in [6, 6.07) is 11.5. The Bertz CT molecular complexity index is 567. The average molecular weight is 257 g/mol. The third-order valence-electron chi connectivity index (χ3n) is 2.96. The molecule has 1 heterocycles. The summed E-state index contributed by atoms with van der Waals surface area (Å²) in [6.45, 7) is 6.45. The molecule has 0 aliphatic rings. The summed E-state index contributed by atoms with van der Waals surface area (Å²) in [5.41, 5.74) is 5.05. The van der Waals surface area contributed by atoms with Crippen LogP contribution < -0.4 is 16.0 Å². The van der Waals surface area contributed by atoms with E-state index in [4.69, 9.17) is 10.6 Å². The van der Waals surface area contributed by atoms with E-state index in [9.17, 15) is 0 Å². The van der Waals surface area contributed by atoms with Crippen LogP contribution in [0.5, 0.6) is 11.6 Å². The van der Waals surface area contributed by atoms with E-state index in [0.29, 0.717) is 17.6 Å². The first kappa shape index (κ1) is 13.4. The molecule has 3 N–H and O–H groups in total. The lowest BCUT2D eigenvalue weighted by atomic mass is 9.98. The van der Waals surface area contributed by atoms with Crippen LogP contribution in [0.2, 0.25) is 0 Å². The van der Waals surface area contributed by atoms with Gasteiger partial charge in [0.1, 0.15) is 11.6 Å². The van der Waals surface area contributed by atoms with Gasteiger partial charge in [0.05, 0.1) is 0 Å². The number of nitrogens with zero attached hydrogens (tertiary/aromatic N) is 1. The van der Waals surface area contributed by atoms with Crippen LogP contribution in [0, 0.1) is 6.92 Å². The molecule has 1 aromatic heterocycles. The molecule has 0 saturated heterocycles. The summed E-state index contributed by atoms with van der Waals surface area (Å²) < 4.78 is 5.73. The highest BCUT2D eigenvalue weighted by Crippen LogP contribution is 2.26. The number of nitrogens with two attached hydrogens (primary N) is 1. The van der Waals surface area contributed by atoms with Gasteiger partial charge >= 0.3 is 0 Å². The molecule has 19 heavy (non-hydrogen) atoms. The molecule has 0 radical (unpaired) electrons. The van der Waals surface area contributed by atoms with Crippen molar-refractivity contribution in [3.8, 4) is 11.6 Å². The quantitative estimate of drug-likeness (QED) is 0.649. The number of rotatable bonds is 4. The van der Waals surface area contributed by atoms with Gasteiger partial charge in [-0.3, -0.25) is 0 Å². The molecule has 4 heteroatoms. The van der Waals surface area contributed by atoms with Crippen LogP contribution in [-0.2, 0) is 0 Å². The SMILES string of the molecule is Cc1cc(Oc2cccc(NN)n2)ccc1C(C)C. The van der Waals surface area contributed by atoms with Crippen LogP contribution >= 0.6 is 0 Å². The first-order valence-electron chi connectivity index (χ1n) is 6.32. The molecule has 0 unspecified atom stereocenters. The second kappa shape index (κ2) is 5.71. The zero-order chi connectivity index (χ0) is 13.8. The second-order valence-corrected chi connectivity index (χ2v) is 4.78. The molecule has 0 atom stereocenters. The molecular weight excluding hydrogens is 238 g/mol. The highest BCUT2D eigenvalue weighted by atomic mass is 16.5. The smallest absolute Gasteiger partial charge is 0.221 e. The molecule has 0 saturated carbocycles. The highest BCUT2D eigenvalue weighted by molar-refractivity contribution is 5.40. The fraction of sp³-hybridized carbons (Fsp3) is 0.267. The van der Waals surface area contributed by atoms with Gasteiger partial charge in [0.15, 0.2) is 0 Å². The van der Waals surface area contributed by atoms with Gasteiger partial charge in [-0.25, -0.2) is 5.84 Å². The third kappa shape index (κ3) is 3.23. The van der Waals surface area contributed by atoms with Gasteiger partial charge in [-0.1, -0.05) is 26.0 Å². The molecule has 100 valence electrons. The summed E-state index contributed by atoms with van der Waals surface area (Å²) in [5.74, 6) is 7.71. The monoisotopic (exact) mass is 257 g/mol. The number of nitrogen functional groups attached to an aromatic ring is 1. The van der Waals surface area contributed by atoms with Gasteiger partial charge in [-0.2, -0.15) is 4.98 Å². The van der Waals surface area contributed by atoms with Crippen LogP contribution in [0.25, 0.3) is 0 Å². The van der Waals surface area contributed by atoms with Crippen molar-refractivity contribution >= 4 is 5.82 Å². The maximum Gasteiger partial charge on any atom is 0.221 e. The van der Waals surface area contributed by atoms with Crippen LogP contribution in [-0.4, -0.2) is 4.98 Å². The average Bonchev–Trinajstić information content (AvgIpc) is 2.38. The summed E-state index contributed by atoms with van der Waals surface area (Å²) in [6.07, 6.45) is 0. The number of anilines is 1. The Morgan fingerprint density at radius 3 is 2.63 bits per heavy atom. The lowest BCUT2D eigenvalue weighted by Crippen LogP contribution is -2.08. The number of benzene rings is 1. The third-order valence-corrected chi connectivity index (χ3v) is 2.96. The van der Waals surface area contributed by atoms with Gasteiger partial charge in [-0.15, -0.1) is 0 Å². The maximum atomic E-state index is 5.73. The van der Waals surface area contributed by atoms with E-state index in [1.165, 1.54) is 11.1 Å². The fourth-order valence-electron chi connectivity index (χ4n) is 2.03. The Hall–Kier alpha value is -2.07. The highest BCUT2D eigenvalue weighted by Gasteiger charge is 2.06. The van der Waals surface area contributed by atoms with Crippen molar-refractivity contribution in [2.75, 3.05) is 5.43 Å². The van der Waals surface area contributed by atoms with E-state index in [-0.39, 0.29) is 0 Å². The van der Waals surface area contributed by atoms with Crippen molar-refractivity contribution in [1.29, 1.82) is 0 Å². The van der Waals surface area contributed by atoms with E-state index in [2.05, 4.69) is 37.2 Å². The molecule has 2 aromatic rings. The van der Waals surface area contributed by atoms with E-state index < -0.39 is 0 Å². The molecule has 0 aliphatic heterocycles. The van der Waals surface area contributed by atoms with Crippen LogP contribution in [0.15, 0.2) is 36.4 Å². The van der Waals surface area contributed by atoms with Crippen molar-refractivity contribution in [3.05, 3.63) is 47.5 Å². The van der Waals surface area contributed by atoms with Crippen LogP contribution in [0.1, 0.15) is 30.9 Å². The topological polar surface area (TPSA) is 60.2 Å². The minimum absolute atomic E-state index is 0.511. The molecule has 0 amide bonds. The second-order valence-electron chi connectivity index (χ2n) is 4.78. The van der Waals surface area contributed by atoms with Crippen molar-refractivity contribution < 1.29 is 4.74 Å². The molecule has 0 fully saturated rings. The van der Waals surface area contributed by atoms with E-state index in [0.717, 1.165) is 5.75 Å². The van der Waals surface area contributed by atoms with Crippen LogP contribution in [0.3, 0.4) is 0 Å². The fourth-order valence-corrected chi connectivity index (χ4v) is 2.03. The zero-order valence-electron chi connectivity index (χ0n) is 11.5. The van der Waals surface area contributed by atoms with E-state index in [1.807, 2.05) is 18.2 Å². The number of ether oxygens (including phenoxy) is 1. The molecule has 0 bridgehead atoms. The molecular formula is C15H19N3O. The number of aromatic nitrogens is 1. The van der Waals surface area contributed by atoms with Gasteiger partial charge in [0, 0.05) is 6.07 Å². The zero-order valence-corrected chi connectivity index (χ0v) is 11.5. The predicted octanol–water partition coefficient (Wildman–Crippen LogP) is 3.59. The van der Waals surface area contributed by atoms with Gasteiger partial charge < -0.3 is 10.2 Å². The maximum absolute atomic E-state index is 5.73. The Labute approximate surface area is 113 Å². The summed E-state index contributed by atoms with van der Waals surface area (Å²) >= 11 is 0. The summed E-state index contributed by atoms with van der Waals surface area (Å²) in [5, 5.41) is 0. The van der Waals surface area contributed by atoms with E-state index >= 15 is 0 Å². The van der Waals surface area contributed by atoms with Crippen molar-refractivity contribution in [3.63, 3.8) is 0 Å². The Morgan fingerprint density at radius 1 is 1.21 bits per heavy atom. The van der Waals surface area contributed by atoms with Crippen molar-refractivity contribution in [2.45, 2.75) is 26.7 Å². The lowest BCUT2D eigenvalue weighted by Gasteiger charge is -2.12. The lowest BCUT2D eigenvalue weighted by molar-refractivity contribution is 0.463. The first-order chi connectivity index (χ1) is 9.10. The molecule has 0 spiro atoms. The number of nitrogens with one attached hydrogen (secondary N) is 1. The molecule has 0 aliphatic carbocycles. The summed E-state index contributed by atoms with van der Waals surface area (Å²) in [4.78, 5) is 4.22. The predicted molar refractivity (Wildman–Crippen MR) is 77.4 cm³/mol. The summed E-state index contributed by atoms with van der Waals surface area (Å²) in [7, 11) is 0. The largest absolute Gasteiger partial charge is 0.439 e. The number of hydrazine groups is 1. The van der Waals surface area contributed by atoms with Crippen molar-refractivity contribution in [1.82, 2.24) is 4.98 Å². The number of hydrogen-bond donors (Lipinski definition) is 2.